The lowest BCUT2D eigenvalue weighted by atomic mass is 9.94. The third kappa shape index (κ3) is 3.88. The van der Waals surface area contributed by atoms with E-state index in [4.69, 9.17) is 4.74 Å². The fraction of sp³-hybridized carbons (Fsp3) is 0.200. The highest BCUT2D eigenvalue weighted by atomic mass is 32.1. The molecule has 1 aliphatic rings. The quantitative estimate of drug-likeness (QED) is 0.253. The molecule has 7 nitrogen and oxygen atoms in total. The number of aliphatic hydroxyl groups excluding tert-OH is 1. The maximum atomic E-state index is 14.2. The molecular formula is C25H21FN2O5S. The number of thiazole rings is 1. The van der Waals surface area contributed by atoms with Crippen molar-refractivity contribution in [2.45, 2.75) is 26.8 Å². The minimum Gasteiger partial charge on any atom is -0.507 e. The molecule has 1 saturated heterocycles. The number of esters is 1. The summed E-state index contributed by atoms with van der Waals surface area (Å²) < 4.78 is 19.0. The Hall–Kier alpha value is -3.85. The molecule has 0 spiro atoms. The first-order valence-corrected chi connectivity index (χ1v) is 11.2. The third-order valence-electron chi connectivity index (χ3n) is 5.64. The Balaban J connectivity index is 1.94. The zero-order chi connectivity index (χ0) is 24.7. The third-order valence-corrected chi connectivity index (χ3v) is 6.78. The standard InChI is InChI=1S/C25H21FN2O5S/c1-12-5-8-15(9-6-12)19-18(20(29)16-10-7-13(2)17(26)11-16)21(30)23(31)28(19)25-27-14(3)22(34-25)24(32)33-4/h5-11,19,29H,1-4H3. The van der Waals surface area contributed by atoms with Gasteiger partial charge in [0.25, 0.3) is 5.78 Å². The molecule has 174 valence electrons. The number of halogens is 1. The van der Waals surface area contributed by atoms with Crippen molar-refractivity contribution >= 4 is 39.9 Å². The predicted octanol–water partition coefficient (Wildman–Crippen LogP) is 4.62. The number of aromatic nitrogens is 1. The van der Waals surface area contributed by atoms with Crippen LogP contribution in [0, 0.1) is 26.6 Å². The Morgan fingerprint density at radius 2 is 1.79 bits per heavy atom. The maximum Gasteiger partial charge on any atom is 0.350 e. The molecule has 1 N–H and O–H groups in total. The summed E-state index contributed by atoms with van der Waals surface area (Å²) in [6.07, 6.45) is 0. The summed E-state index contributed by atoms with van der Waals surface area (Å²) in [5, 5.41) is 11.2. The van der Waals surface area contributed by atoms with Gasteiger partial charge in [-0.05, 0) is 38.0 Å². The molecule has 2 heterocycles. The van der Waals surface area contributed by atoms with Gasteiger partial charge in [0.1, 0.15) is 16.5 Å². The summed E-state index contributed by atoms with van der Waals surface area (Å²) in [6.45, 7) is 5.06. The van der Waals surface area contributed by atoms with E-state index in [1.807, 2.05) is 19.1 Å². The molecule has 34 heavy (non-hydrogen) atoms. The number of aryl methyl sites for hydroxylation is 3. The smallest absolute Gasteiger partial charge is 0.350 e. The van der Waals surface area contributed by atoms with Crippen LogP contribution < -0.4 is 4.90 Å². The largest absolute Gasteiger partial charge is 0.507 e. The molecule has 1 aromatic heterocycles. The first-order chi connectivity index (χ1) is 16.1. The topological polar surface area (TPSA) is 96.8 Å². The van der Waals surface area contributed by atoms with Crippen molar-refractivity contribution in [1.82, 2.24) is 4.98 Å². The average molecular weight is 481 g/mol. The number of carbonyl (C=O) groups excluding carboxylic acids is 3. The number of hydrogen-bond acceptors (Lipinski definition) is 7. The highest BCUT2D eigenvalue weighted by Gasteiger charge is 2.48. The van der Waals surface area contributed by atoms with E-state index in [-0.39, 0.29) is 21.1 Å². The predicted molar refractivity (Wildman–Crippen MR) is 125 cm³/mol. The van der Waals surface area contributed by atoms with Gasteiger partial charge in [-0.1, -0.05) is 53.3 Å². The molecule has 4 rings (SSSR count). The molecule has 0 aliphatic carbocycles. The number of benzene rings is 2. The molecule has 1 amide bonds. The van der Waals surface area contributed by atoms with Gasteiger partial charge in [0, 0.05) is 5.56 Å². The fourth-order valence-electron chi connectivity index (χ4n) is 3.76. The van der Waals surface area contributed by atoms with E-state index in [2.05, 4.69) is 4.98 Å². The van der Waals surface area contributed by atoms with Crippen LogP contribution in [0.3, 0.4) is 0 Å². The number of carbonyl (C=O) groups is 3. The van der Waals surface area contributed by atoms with Gasteiger partial charge in [-0.15, -0.1) is 0 Å². The Kier molecular flexibility index (Phi) is 6.05. The Bertz CT molecular complexity index is 1360. The van der Waals surface area contributed by atoms with E-state index < -0.39 is 35.3 Å². The molecule has 0 radical (unpaired) electrons. The molecule has 0 saturated carbocycles. The monoisotopic (exact) mass is 480 g/mol. The average Bonchev–Trinajstić information content (AvgIpc) is 3.32. The fourth-order valence-corrected chi connectivity index (χ4v) is 4.77. The lowest BCUT2D eigenvalue weighted by Gasteiger charge is -2.23. The zero-order valence-corrected chi connectivity index (χ0v) is 19.7. The second-order valence-corrected chi connectivity index (χ2v) is 8.92. The van der Waals surface area contributed by atoms with Crippen molar-refractivity contribution < 1.29 is 28.6 Å². The summed E-state index contributed by atoms with van der Waals surface area (Å²) in [5.41, 5.74) is 2.11. The molecule has 1 atom stereocenters. The summed E-state index contributed by atoms with van der Waals surface area (Å²) in [4.78, 5) is 44.2. The summed E-state index contributed by atoms with van der Waals surface area (Å²) in [6, 6.07) is 10.2. The van der Waals surface area contributed by atoms with E-state index in [0.717, 1.165) is 27.9 Å². The van der Waals surface area contributed by atoms with Crippen LogP contribution in [0.4, 0.5) is 9.52 Å². The number of nitrogens with zero attached hydrogens (tertiary/aromatic N) is 2. The van der Waals surface area contributed by atoms with Crippen LogP contribution in [-0.4, -0.2) is 34.9 Å². The number of rotatable bonds is 4. The van der Waals surface area contributed by atoms with Crippen LogP contribution in [0.15, 0.2) is 48.0 Å². The SMILES string of the molecule is COC(=O)c1sc(N2C(=O)C(=O)C(=C(O)c3ccc(C)c(F)c3)C2c2ccc(C)cc2)nc1C. The number of hydrogen-bond donors (Lipinski definition) is 1. The van der Waals surface area contributed by atoms with Crippen molar-refractivity contribution in [2.24, 2.45) is 0 Å². The number of methoxy groups -OCH3 is 1. The first kappa shape index (κ1) is 23.3. The number of ketones is 1. The van der Waals surface area contributed by atoms with Crippen LogP contribution in [0.1, 0.15) is 43.7 Å². The number of aliphatic hydroxyl groups is 1. The number of Topliss-reactive ketones (excluding diaryl/α,β-unsaturated/α-hetero) is 1. The molecule has 1 aliphatic heterocycles. The number of ether oxygens (including phenoxy) is 1. The highest BCUT2D eigenvalue weighted by Crippen LogP contribution is 2.44. The van der Waals surface area contributed by atoms with Crippen LogP contribution in [0.5, 0.6) is 0 Å². The van der Waals surface area contributed by atoms with Crippen molar-refractivity contribution in [2.75, 3.05) is 12.0 Å². The number of anilines is 1. The van der Waals surface area contributed by atoms with Crippen molar-refractivity contribution in [3.8, 4) is 0 Å². The van der Waals surface area contributed by atoms with Gasteiger partial charge in [0.05, 0.1) is 24.4 Å². The van der Waals surface area contributed by atoms with Crippen LogP contribution in [-0.2, 0) is 14.3 Å². The van der Waals surface area contributed by atoms with Gasteiger partial charge >= 0.3 is 11.9 Å². The van der Waals surface area contributed by atoms with Crippen LogP contribution in [0.25, 0.3) is 5.76 Å². The van der Waals surface area contributed by atoms with Crippen molar-refractivity contribution in [1.29, 1.82) is 0 Å². The molecule has 3 aromatic rings. The lowest BCUT2D eigenvalue weighted by molar-refractivity contribution is -0.132. The first-order valence-electron chi connectivity index (χ1n) is 10.3. The second-order valence-electron chi connectivity index (χ2n) is 7.95. The highest BCUT2D eigenvalue weighted by molar-refractivity contribution is 7.17. The van der Waals surface area contributed by atoms with Crippen molar-refractivity contribution in [3.05, 3.63) is 86.7 Å². The Morgan fingerprint density at radius 3 is 2.41 bits per heavy atom. The van der Waals surface area contributed by atoms with E-state index in [1.54, 1.807) is 26.0 Å². The van der Waals surface area contributed by atoms with Gasteiger partial charge in [-0.2, -0.15) is 0 Å². The molecular weight excluding hydrogens is 459 g/mol. The molecule has 9 heteroatoms. The van der Waals surface area contributed by atoms with Crippen LogP contribution in [0.2, 0.25) is 0 Å². The van der Waals surface area contributed by atoms with E-state index in [1.165, 1.54) is 19.2 Å². The van der Waals surface area contributed by atoms with Gasteiger partial charge in [0.15, 0.2) is 5.13 Å². The van der Waals surface area contributed by atoms with E-state index in [9.17, 15) is 23.9 Å². The number of amides is 1. The summed E-state index contributed by atoms with van der Waals surface area (Å²) >= 11 is 0.914. The van der Waals surface area contributed by atoms with E-state index in [0.29, 0.717) is 16.8 Å². The Labute approximate surface area is 199 Å². The van der Waals surface area contributed by atoms with Crippen LogP contribution >= 0.6 is 11.3 Å². The van der Waals surface area contributed by atoms with Gasteiger partial charge in [0.2, 0.25) is 0 Å². The maximum absolute atomic E-state index is 14.2. The summed E-state index contributed by atoms with van der Waals surface area (Å²) in [5.74, 6) is -3.50. The molecule has 2 aromatic carbocycles. The zero-order valence-electron chi connectivity index (χ0n) is 18.9. The Morgan fingerprint density at radius 1 is 1.12 bits per heavy atom. The lowest BCUT2D eigenvalue weighted by Crippen LogP contribution is -2.29. The van der Waals surface area contributed by atoms with Gasteiger partial charge in [-0.3, -0.25) is 14.5 Å². The van der Waals surface area contributed by atoms with Gasteiger partial charge in [-0.25, -0.2) is 14.2 Å². The van der Waals surface area contributed by atoms with E-state index >= 15 is 0 Å². The van der Waals surface area contributed by atoms with Crippen molar-refractivity contribution in [3.63, 3.8) is 0 Å². The minimum absolute atomic E-state index is 0.0729. The minimum atomic E-state index is -1.03. The summed E-state index contributed by atoms with van der Waals surface area (Å²) in [7, 11) is 1.24. The molecule has 1 fully saturated rings. The van der Waals surface area contributed by atoms with Gasteiger partial charge < -0.3 is 9.84 Å². The molecule has 1 unspecified atom stereocenters. The normalized spacial score (nSPS) is 17.3. The molecule has 0 bridgehead atoms. The second kappa shape index (κ2) is 8.83.